The maximum Gasteiger partial charge on any atom is 0.184 e. The molecule has 2 heteroatoms. The Morgan fingerprint density at radius 2 is 2.10 bits per heavy atom. The summed E-state index contributed by atoms with van der Waals surface area (Å²) in [5.41, 5.74) is 0. The van der Waals surface area contributed by atoms with Gasteiger partial charge in [-0.2, -0.15) is 0 Å². The third-order valence-electron chi connectivity index (χ3n) is 2.07. The summed E-state index contributed by atoms with van der Waals surface area (Å²) in [4.78, 5) is 11.2. The van der Waals surface area contributed by atoms with Crippen LogP contribution >= 0.6 is 0 Å². The third kappa shape index (κ3) is 1.75. The monoisotopic (exact) mass is 159 g/mol. The molecule has 1 fully saturated rings. The van der Waals surface area contributed by atoms with Crippen LogP contribution in [0.15, 0.2) is 0 Å². The summed E-state index contributed by atoms with van der Waals surface area (Å²) in [5.74, 6) is 0.514. The van der Waals surface area contributed by atoms with Gasteiger partial charge in [0.25, 0.3) is 0 Å². The minimum atomic E-state index is 0.318. The zero-order chi connectivity index (χ0) is 7.56. The average Bonchev–Trinajstić information content (AvgIpc) is 1.88. The Bertz CT molecular complexity index is 131. The number of hydrogen-bond acceptors (Lipinski definition) is 1. The molecule has 0 saturated heterocycles. The van der Waals surface area contributed by atoms with E-state index < -0.39 is 0 Å². The third-order valence-corrected chi connectivity index (χ3v) is 3.70. The topological polar surface area (TPSA) is 17.1 Å². The van der Waals surface area contributed by atoms with Crippen molar-refractivity contribution in [3.8, 4) is 0 Å². The molecule has 0 bridgehead atoms. The lowest BCUT2D eigenvalue weighted by atomic mass is 9.99. The molecule has 0 N–H and O–H groups in total. The van der Waals surface area contributed by atoms with Crippen LogP contribution in [0, 0.1) is 0 Å². The van der Waals surface area contributed by atoms with Crippen molar-refractivity contribution in [3.63, 3.8) is 0 Å². The Labute approximate surface area is 65.5 Å². The Kier molecular flexibility index (Phi) is 2.78. The molecule has 1 atom stereocenters. The zero-order valence-electron chi connectivity index (χ0n) is 6.72. The van der Waals surface area contributed by atoms with Gasteiger partial charge in [-0.05, 0) is 23.7 Å². The number of Topliss-reactive ketones (excluding diaryl/α,β-unsaturated/α-hetero) is 1. The normalized spacial score (nSPS) is 27.5. The lowest BCUT2D eigenvalue weighted by Gasteiger charge is -2.16. The fourth-order valence-corrected chi connectivity index (χ4v) is 2.73. The van der Waals surface area contributed by atoms with Crippen molar-refractivity contribution < 1.29 is 4.79 Å². The van der Waals surface area contributed by atoms with E-state index in [4.69, 9.17) is 0 Å². The molecule has 58 valence electrons. The van der Waals surface area contributed by atoms with Gasteiger partial charge in [0.2, 0.25) is 0 Å². The second-order valence-corrected chi connectivity index (χ2v) is 5.41. The van der Waals surface area contributed by atoms with Crippen LogP contribution in [0.2, 0.25) is 0 Å². The summed E-state index contributed by atoms with van der Waals surface area (Å²) in [6.07, 6.45) is 8.74. The van der Waals surface area contributed by atoms with Crippen LogP contribution in [-0.4, -0.2) is 23.5 Å². The van der Waals surface area contributed by atoms with E-state index in [2.05, 4.69) is 12.5 Å². The summed E-state index contributed by atoms with van der Waals surface area (Å²) in [6, 6.07) is 0. The second-order valence-electron chi connectivity index (χ2n) is 3.08. The average molecular weight is 159 g/mol. The molecule has 0 aromatic carbocycles. The van der Waals surface area contributed by atoms with Crippen LogP contribution in [0.1, 0.15) is 25.7 Å². The van der Waals surface area contributed by atoms with Crippen molar-refractivity contribution in [3.05, 3.63) is 0 Å². The molecule has 1 nitrogen and oxygen atoms in total. The molecule has 10 heavy (non-hydrogen) atoms. The molecule has 0 amide bonds. The van der Waals surface area contributed by atoms with Crippen LogP contribution < -0.4 is 0 Å². The molecule has 1 rings (SSSR count). The van der Waals surface area contributed by atoms with Crippen LogP contribution in [-0.2, 0) is 15.7 Å². The van der Waals surface area contributed by atoms with E-state index in [0.29, 0.717) is 21.9 Å². The van der Waals surface area contributed by atoms with Gasteiger partial charge in [-0.1, -0.05) is 0 Å². The SMILES string of the molecule is C[S+](C)C1CCCCC1=O. The van der Waals surface area contributed by atoms with Gasteiger partial charge >= 0.3 is 0 Å². The minimum absolute atomic E-state index is 0.318. The Balaban J connectivity index is 2.48. The quantitative estimate of drug-likeness (QED) is 0.528. The summed E-state index contributed by atoms with van der Waals surface area (Å²) < 4.78 is 0. The molecule has 0 radical (unpaired) electrons. The predicted octanol–water partition coefficient (Wildman–Crippen LogP) is 1.38. The summed E-state index contributed by atoms with van der Waals surface area (Å²) in [5, 5.41) is 0.411. The number of carbonyl (C=O) groups is 1. The van der Waals surface area contributed by atoms with Crippen molar-refractivity contribution in [2.24, 2.45) is 0 Å². The van der Waals surface area contributed by atoms with Gasteiger partial charge in [0.15, 0.2) is 11.0 Å². The zero-order valence-corrected chi connectivity index (χ0v) is 7.54. The Hall–Kier alpha value is 0.0200. The number of ketones is 1. The fraction of sp³-hybridized carbons (Fsp3) is 0.875. The van der Waals surface area contributed by atoms with Crippen molar-refractivity contribution in [2.75, 3.05) is 12.5 Å². The first-order valence-corrected chi connectivity index (χ1v) is 5.91. The first-order chi connectivity index (χ1) is 4.72. The van der Waals surface area contributed by atoms with E-state index in [0.717, 1.165) is 19.3 Å². The molecule has 1 saturated carbocycles. The van der Waals surface area contributed by atoms with Gasteiger partial charge in [-0.3, -0.25) is 4.79 Å². The number of hydrogen-bond donors (Lipinski definition) is 0. The standard InChI is InChI=1S/C8H15OS/c1-10(2)8-6-4-3-5-7(8)9/h8H,3-6H2,1-2H3/q+1. The van der Waals surface area contributed by atoms with Gasteiger partial charge in [-0.15, -0.1) is 0 Å². The van der Waals surface area contributed by atoms with E-state index in [9.17, 15) is 4.79 Å². The van der Waals surface area contributed by atoms with E-state index in [1.165, 1.54) is 6.42 Å². The molecule has 1 unspecified atom stereocenters. The van der Waals surface area contributed by atoms with Crippen LogP contribution in [0.3, 0.4) is 0 Å². The van der Waals surface area contributed by atoms with Gasteiger partial charge in [0, 0.05) is 12.8 Å². The highest BCUT2D eigenvalue weighted by Crippen LogP contribution is 2.20. The predicted molar refractivity (Wildman–Crippen MR) is 46.5 cm³/mol. The number of carbonyl (C=O) groups excluding carboxylic acids is 1. The van der Waals surface area contributed by atoms with Crippen molar-refractivity contribution in [1.82, 2.24) is 0 Å². The van der Waals surface area contributed by atoms with Crippen molar-refractivity contribution in [2.45, 2.75) is 30.9 Å². The molecule has 0 aromatic heterocycles. The van der Waals surface area contributed by atoms with E-state index in [-0.39, 0.29) is 0 Å². The summed E-state index contributed by atoms with van der Waals surface area (Å²) >= 11 is 0. The highest BCUT2D eigenvalue weighted by molar-refractivity contribution is 7.96. The molecule has 0 aromatic rings. The smallest absolute Gasteiger partial charge is 0.184 e. The molecular weight excluding hydrogens is 144 g/mol. The number of rotatable bonds is 1. The minimum Gasteiger partial charge on any atom is -0.294 e. The molecule has 1 aliphatic carbocycles. The van der Waals surface area contributed by atoms with Crippen LogP contribution in [0.4, 0.5) is 0 Å². The maximum atomic E-state index is 11.2. The first kappa shape index (κ1) is 8.12. The highest BCUT2D eigenvalue weighted by Gasteiger charge is 2.31. The van der Waals surface area contributed by atoms with Gasteiger partial charge in [0.05, 0.1) is 12.5 Å². The lowest BCUT2D eigenvalue weighted by Crippen LogP contribution is -2.31. The summed E-state index contributed by atoms with van der Waals surface area (Å²) in [7, 11) is 0.318. The lowest BCUT2D eigenvalue weighted by molar-refractivity contribution is -0.119. The molecule has 1 aliphatic rings. The van der Waals surface area contributed by atoms with Crippen molar-refractivity contribution in [1.29, 1.82) is 0 Å². The Morgan fingerprint density at radius 3 is 2.50 bits per heavy atom. The molecule has 0 aliphatic heterocycles. The highest BCUT2D eigenvalue weighted by atomic mass is 32.2. The first-order valence-electron chi connectivity index (χ1n) is 3.81. The molecule has 0 heterocycles. The second kappa shape index (κ2) is 3.42. The van der Waals surface area contributed by atoms with Gasteiger partial charge in [0.1, 0.15) is 0 Å². The van der Waals surface area contributed by atoms with Crippen molar-refractivity contribution >= 4 is 16.7 Å². The van der Waals surface area contributed by atoms with E-state index in [1.54, 1.807) is 0 Å². The van der Waals surface area contributed by atoms with Crippen LogP contribution in [0.5, 0.6) is 0 Å². The van der Waals surface area contributed by atoms with E-state index in [1.807, 2.05) is 0 Å². The molecule has 0 spiro atoms. The fourth-order valence-electron chi connectivity index (χ4n) is 1.45. The maximum absolute atomic E-state index is 11.2. The van der Waals surface area contributed by atoms with Crippen LogP contribution in [0.25, 0.3) is 0 Å². The van der Waals surface area contributed by atoms with Gasteiger partial charge in [-0.25, -0.2) is 0 Å². The Morgan fingerprint density at radius 1 is 1.40 bits per heavy atom. The molecular formula is C8H15OS+. The van der Waals surface area contributed by atoms with Gasteiger partial charge < -0.3 is 0 Å². The van der Waals surface area contributed by atoms with E-state index >= 15 is 0 Å². The summed E-state index contributed by atoms with van der Waals surface area (Å²) in [6.45, 7) is 0. The largest absolute Gasteiger partial charge is 0.294 e.